The Hall–Kier alpha value is -1.10. The average Bonchev–Trinajstić information content (AvgIpc) is 3.27. The lowest BCUT2D eigenvalue weighted by molar-refractivity contribution is 0.458. The Bertz CT molecular complexity index is 659. The summed E-state index contributed by atoms with van der Waals surface area (Å²) in [5.74, 6) is 1.19. The smallest absolute Gasteiger partial charge is 0.222 e. The lowest BCUT2D eigenvalue weighted by atomic mass is 10.2. The SMILES string of the molecule is Cc1cc(CNC2CC2)cnc1Oc1cc(Br)ccc1Cl. The molecule has 1 heterocycles. The van der Waals surface area contributed by atoms with Gasteiger partial charge < -0.3 is 10.1 Å². The highest BCUT2D eigenvalue weighted by molar-refractivity contribution is 9.10. The third-order valence-electron chi connectivity index (χ3n) is 3.36. The minimum absolute atomic E-state index is 0.568. The van der Waals surface area contributed by atoms with Gasteiger partial charge in [0.05, 0.1) is 5.02 Å². The highest BCUT2D eigenvalue weighted by Gasteiger charge is 2.20. The van der Waals surface area contributed by atoms with Crippen LogP contribution in [0.5, 0.6) is 11.6 Å². The Balaban J connectivity index is 1.74. The predicted molar refractivity (Wildman–Crippen MR) is 88.1 cm³/mol. The zero-order chi connectivity index (χ0) is 14.8. The van der Waals surface area contributed by atoms with Crippen molar-refractivity contribution in [1.29, 1.82) is 0 Å². The van der Waals surface area contributed by atoms with E-state index in [9.17, 15) is 0 Å². The molecule has 0 bridgehead atoms. The van der Waals surface area contributed by atoms with Crippen LogP contribution < -0.4 is 10.1 Å². The standard InChI is InChI=1S/C16H16BrClN2O/c1-10-6-11(8-19-13-3-4-13)9-20-16(10)21-15-7-12(17)2-5-14(15)18/h2,5-7,9,13,19H,3-4,8H2,1H3. The first-order valence-corrected chi connectivity index (χ1v) is 8.11. The maximum absolute atomic E-state index is 6.14. The molecule has 1 aromatic heterocycles. The number of halogens is 2. The lowest BCUT2D eigenvalue weighted by Gasteiger charge is -2.11. The van der Waals surface area contributed by atoms with Crippen LogP contribution in [0.15, 0.2) is 34.9 Å². The molecule has 1 aliphatic carbocycles. The molecule has 1 aliphatic rings. The molecule has 0 aliphatic heterocycles. The largest absolute Gasteiger partial charge is 0.437 e. The number of hydrogen-bond acceptors (Lipinski definition) is 3. The van der Waals surface area contributed by atoms with E-state index in [1.807, 2.05) is 25.3 Å². The summed E-state index contributed by atoms with van der Waals surface area (Å²) in [6, 6.07) is 8.31. The number of ether oxygens (including phenoxy) is 1. The van der Waals surface area contributed by atoms with Crippen molar-refractivity contribution in [3.05, 3.63) is 51.1 Å². The number of nitrogens with one attached hydrogen (secondary N) is 1. The first-order chi connectivity index (χ1) is 10.1. The molecule has 1 N–H and O–H groups in total. The van der Waals surface area contributed by atoms with Gasteiger partial charge in [0, 0.05) is 28.8 Å². The Kier molecular flexibility index (Phi) is 4.48. The van der Waals surface area contributed by atoms with E-state index in [0.29, 0.717) is 22.7 Å². The average molecular weight is 368 g/mol. The van der Waals surface area contributed by atoms with Crippen LogP contribution in [-0.2, 0) is 6.54 Å². The molecule has 1 fully saturated rings. The molecule has 0 spiro atoms. The highest BCUT2D eigenvalue weighted by atomic mass is 79.9. The molecule has 0 atom stereocenters. The zero-order valence-corrected chi connectivity index (χ0v) is 14.0. The van der Waals surface area contributed by atoms with Crippen molar-refractivity contribution >= 4 is 27.5 Å². The van der Waals surface area contributed by atoms with E-state index in [0.717, 1.165) is 16.6 Å². The summed E-state index contributed by atoms with van der Waals surface area (Å²) >= 11 is 9.55. The van der Waals surface area contributed by atoms with Crippen molar-refractivity contribution in [1.82, 2.24) is 10.3 Å². The number of nitrogens with zero attached hydrogens (tertiary/aromatic N) is 1. The lowest BCUT2D eigenvalue weighted by Crippen LogP contribution is -2.15. The second-order valence-electron chi connectivity index (χ2n) is 5.30. The Morgan fingerprint density at radius 1 is 1.38 bits per heavy atom. The number of aromatic nitrogens is 1. The summed E-state index contributed by atoms with van der Waals surface area (Å²) in [6.07, 6.45) is 4.42. The topological polar surface area (TPSA) is 34.2 Å². The van der Waals surface area contributed by atoms with Crippen LogP contribution >= 0.6 is 27.5 Å². The molecule has 5 heteroatoms. The fourth-order valence-corrected chi connectivity index (χ4v) is 2.53. The van der Waals surface area contributed by atoms with Gasteiger partial charge in [0.2, 0.25) is 5.88 Å². The molecule has 3 rings (SSSR count). The summed E-state index contributed by atoms with van der Waals surface area (Å²) in [6.45, 7) is 2.85. The van der Waals surface area contributed by atoms with E-state index in [2.05, 4.69) is 32.3 Å². The fourth-order valence-electron chi connectivity index (χ4n) is 2.03. The number of hydrogen-bond donors (Lipinski definition) is 1. The molecule has 21 heavy (non-hydrogen) atoms. The second-order valence-corrected chi connectivity index (χ2v) is 6.62. The van der Waals surface area contributed by atoms with Gasteiger partial charge in [0.15, 0.2) is 0 Å². The van der Waals surface area contributed by atoms with Gasteiger partial charge in [-0.15, -0.1) is 0 Å². The monoisotopic (exact) mass is 366 g/mol. The summed E-state index contributed by atoms with van der Waals surface area (Å²) in [5, 5.41) is 4.05. The van der Waals surface area contributed by atoms with E-state index >= 15 is 0 Å². The molecule has 0 saturated heterocycles. The molecule has 0 unspecified atom stereocenters. The first kappa shape index (κ1) is 14.8. The van der Waals surface area contributed by atoms with Crippen LogP contribution in [0.1, 0.15) is 24.0 Å². The normalized spacial score (nSPS) is 14.2. The molecular formula is C16H16BrClN2O. The summed E-state index contributed by atoms with van der Waals surface area (Å²) in [4.78, 5) is 4.41. The van der Waals surface area contributed by atoms with Crippen molar-refractivity contribution in [2.24, 2.45) is 0 Å². The third kappa shape index (κ3) is 3.96. The maximum Gasteiger partial charge on any atom is 0.222 e. The summed E-state index contributed by atoms with van der Waals surface area (Å²) in [5.41, 5.74) is 2.17. The van der Waals surface area contributed by atoms with Crippen LogP contribution in [0.2, 0.25) is 5.02 Å². The second kappa shape index (κ2) is 6.34. The van der Waals surface area contributed by atoms with Gasteiger partial charge in [-0.1, -0.05) is 27.5 Å². The molecule has 1 aromatic carbocycles. The van der Waals surface area contributed by atoms with Gasteiger partial charge in [-0.05, 0) is 49.6 Å². The molecule has 2 aromatic rings. The van der Waals surface area contributed by atoms with Gasteiger partial charge in [0.25, 0.3) is 0 Å². The highest BCUT2D eigenvalue weighted by Crippen LogP contribution is 2.32. The Morgan fingerprint density at radius 2 is 2.19 bits per heavy atom. The number of pyridine rings is 1. The molecule has 0 radical (unpaired) electrons. The zero-order valence-electron chi connectivity index (χ0n) is 11.7. The van der Waals surface area contributed by atoms with Gasteiger partial charge in [-0.3, -0.25) is 0 Å². The van der Waals surface area contributed by atoms with Crippen molar-refractivity contribution in [2.75, 3.05) is 0 Å². The number of rotatable bonds is 5. The van der Waals surface area contributed by atoms with Crippen LogP contribution in [0.3, 0.4) is 0 Å². The molecule has 0 amide bonds. The number of benzene rings is 1. The van der Waals surface area contributed by atoms with Crippen molar-refractivity contribution in [3.63, 3.8) is 0 Å². The molecule has 110 valence electrons. The minimum atomic E-state index is 0.568. The van der Waals surface area contributed by atoms with Gasteiger partial charge in [-0.25, -0.2) is 4.98 Å². The van der Waals surface area contributed by atoms with Crippen LogP contribution in [-0.4, -0.2) is 11.0 Å². The van der Waals surface area contributed by atoms with Crippen LogP contribution in [0.25, 0.3) is 0 Å². The molecule has 1 saturated carbocycles. The fraction of sp³-hybridized carbons (Fsp3) is 0.312. The Labute approximate surface area is 137 Å². The molecule has 3 nitrogen and oxygen atoms in total. The number of aryl methyl sites for hydroxylation is 1. The third-order valence-corrected chi connectivity index (χ3v) is 4.16. The van der Waals surface area contributed by atoms with E-state index < -0.39 is 0 Å². The predicted octanol–water partition coefficient (Wildman–Crippen LogP) is 4.85. The van der Waals surface area contributed by atoms with E-state index in [1.165, 1.54) is 18.4 Å². The Morgan fingerprint density at radius 3 is 2.90 bits per heavy atom. The van der Waals surface area contributed by atoms with E-state index in [1.54, 1.807) is 6.07 Å². The van der Waals surface area contributed by atoms with Crippen molar-refractivity contribution < 1.29 is 4.74 Å². The minimum Gasteiger partial charge on any atom is -0.437 e. The maximum atomic E-state index is 6.14. The van der Waals surface area contributed by atoms with Gasteiger partial charge in [0.1, 0.15) is 5.75 Å². The van der Waals surface area contributed by atoms with Crippen LogP contribution in [0, 0.1) is 6.92 Å². The van der Waals surface area contributed by atoms with Gasteiger partial charge in [-0.2, -0.15) is 0 Å². The quantitative estimate of drug-likeness (QED) is 0.820. The van der Waals surface area contributed by atoms with Gasteiger partial charge >= 0.3 is 0 Å². The van der Waals surface area contributed by atoms with Crippen LogP contribution in [0.4, 0.5) is 0 Å². The van der Waals surface area contributed by atoms with E-state index in [-0.39, 0.29) is 0 Å². The summed E-state index contributed by atoms with van der Waals surface area (Å²) in [7, 11) is 0. The van der Waals surface area contributed by atoms with Crippen molar-refractivity contribution in [3.8, 4) is 11.6 Å². The molecular weight excluding hydrogens is 352 g/mol. The van der Waals surface area contributed by atoms with Crippen molar-refractivity contribution in [2.45, 2.75) is 32.4 Å². The van der Waals surface area contributed by atoms with E-state index in [4.69, 9.17) is 16.3 Å². The first-order valence-electron chi connectivity index (χ1n) is 6.93. The summed E-state index contributed by atoms with van der Waals surface area (Å²) < 4.78 is 6.74.